The highest BCUT2D eigenvalue weighted by atomic mass is 32.2. The SMILES string of the molecule is COC(=O)[C@H](C)OC(=O)c1ccc2c(c1)SC1=NS(=O)(=O)CCN12. The van der Waals surface area contributed by atoms with Crippen molar-refractivity contribution in [1.29, 1.82) is 0 Å². The molecule has 10 heteroatoms. The number of methoxy groups -OCH3 is 1. The van der Waals surface area contributed by atoms with Gasteiger partial charge in [-0.25, -0.2) is 18.0 Å². The highest BCUT2D eigenvalue weighted by Crippen LogP contribution is 2.42. The van der Waals surface area contributed by atoms with Crippen molar-refractivity contribution < 1.29 is 27.5 Å². The summed E-state index contributed by atoms with van der Waals surface area (Å²) in [5.41, 5.74) is 1.06. The van der Waals surface area contributed by atoms with Crippen molar-refractivity contribution in [2.24, 2.45) is 4.40 Å². The van der Waals surface area contributed by atoms with E-state index in [0.29, 0.717) is 16.6 Å². The fourth-order valence-corrected chi connectivity index (χ4v) is 4.60. The fraction of sp³-hybridized carbons (Fsp3) is 0.357. The first kappa shape index (κ1) is 16.8. The zero-order chi connectivity index (χ0) is 17.5. The Morgan fingerprint density at radius 2 is 2.12 bits per heavy atom. The molecule has 2 aliphatic rings. The number of rotatable bonds is 3. The molecule has 0 spiro atoms. The number of hydrogen-bond acceptors (Lipinski definition) is 8. The Morgan fingerprint density at radius 3 is 2.83 bits per heavy atom. The van der Waals surface area contributed by atoms with E-state index in [-0.39, 0.29) is 11.3 Å². The average molecular weight is 370 g/mol. The second kappa shape index (κ2) is 6.10. The van der Waals surface area contributed by atoms with E-state index >= 15 is 0 Å². The lowest BCUT2D eigenvalue weighted by molar-refractivity contribution is -0.149. The number of anilines is 1. The summed E-state index contributed by atoms with van der Waals surface area (Å²) in [6.45, 7) is 1.75. The molecule has 0 N–H and O–H groups in total. The van der Waals surface area contributed by atoms with E-state index in [1.54, 1.807) is 23.1 Å². The molecule has 2 heterocycles. The Bertz CT molecular complexity index is 849. The molecule has 0 radical (unpaired) electrons. The van der Waals surface area contributed by atoms with Crippen LogP contribution in [0.2, 0.25) is 0 Å². The van der Waals surface area contributed by atoms with Crippen LogP contribution in [0, 0.1) is 0 Å². The van der Waals surface area contributed by atoms with Gasteiger partial charge in [0.05, 0.1) is 24.1 Å². The summed E-state index contributed by atoms with van der Waals surface area (Å²) < 4.78 is 36.5. The molecule has 3 rings (SSSR count). The minimum Gasteiger partial charge on any atom is -0.466 e. The normalized spacial score (nSPS) is 18.9. The third-order valence-electron chi connectivity index (χ3n) is 3.53. The van der Waals surface area contributed by atoms with Gasteiger partial charge in [-0.2, -0.15) is 0 Å². The molecule has 0 amide bonds. The summed E-state index contributed by atoms with van der Waals surface area (Å²) in [5, 5.41) is 0.379. The summed E-state index contributed by atoms with van der Waals surface area (Å²) in [6.07, 6.45) is -1.01. The van der Waals surface area contributed by atoms with Crippen LogP contribution in [0.4, 0.5) is 5.69 Å². The van der Waals surface area contributed by atoms with E-state index < -0.39 is 28.1 Å². The Labute approximate surface area is 142 Å². The molecule has 0 unspecified atom stereocenters. The van der Waals surface area contributed by atoms with Gasteiger partial charge in [0.25, 0.3) is 10.0 Å². The molecule has 1 atom stereocenters. The van der Waals surface area contributed by atoms with E-state index in [1.807, 2.05) is 0 Å². The molecule has 128 valence electrons. The molecule has 1 aromatic carbocycles. The summed E-state index contributed by atoms with van der Waals surface area (Å²) in [5.74, 6) is -1.34. The molecule has 24 heavy (non-hydrogen) atoms. The molecule has 0 fully saturated rings. The van der Waals surface area contributed by atoms with Crippen LogP contribution in [0.15, 0.2) is 27.5 Å². The highest BCUT2D eigenvalue weighted by Gasteiger charge is 2.33. The zero-order valence-electron chi connectivity index (χ0n) is 12.9. The van der Waals surface area contributed by atoms with Crippen LogP contribution in [-0.2, 0) is 24.3 Å². The lowest BCUT2D eigenvalue weighted by atomic mass is 10.2. The van der Waals surface area contributed by atoms with Gasteiger partial charge < -0.3 is 14.4 Å². The van der Waals surface area contributed by atoms with E-state index in [9.17, 15) is 18.0 Å². The number of carbonyl (C=O) groups excluding carboxylic acids is 2. The smallest absolute Gasteiger partial charge is 0.346 e. The number of sulfonamides is 1. The third-order valence-corrected chi connectivity index (χ3v) is 5.83. The standard InChI is InChI=1S/C14H14N2O6S2/c1-8(12(17)21-2)22-13(18)9-3-4-10-11(7-9)23-14-15-24(19,20)6-5-16(10)14/h3-4,7-8H,5-6H2,1-2H3/t8-/m0/s1. The zero-order valence-corrected chi connectivity index (χ0v) is 14.5. The van der Waals surface area contributed by atoms with E-state index in [2.05, 4.69) is 9.13 Å². The van der Waals surface area contributed by atoms with Crippen molar-refractivity contribution in [2.75, 3.05) is 24.3 Å². The molecule has 0 aliphatic carbocycles. The second-order valence-electron chi connectivity index (χ2n) is 5.17. The first-order valence-corrected chi connectivity index (χ1v) is 9.44. The predicted molar refractivity (Wildman–Crippen MR) is 87.8 cm³/mol. The van der Waals surface area contributed by atoms with E-state index in [0.717, 1.165) is 5.69 Å². The van der Waals surface area contributed by atoms with Crippen LogP contribution in [-0.4, -0.2) is 51.0 Å². The maximum absolute atomic E-state index is 12.1. The van der Waals surface area contributed by atoms with Gasteiger partial charge in [0.15, 0.2) is 11.3 Å². The number of benzene rings is 1. The summed E-state index contributed by atoms with van der Waals surface area (Å²) in [7, 11) is -2.22. The average Bonchev–Trinajstić information content (AvgIpc) is 2.88. The van der Waals surface area contributed by atoms with Gasteiger partial charge in [0.1, 0.15) is 0 Å². The topological polar surface area (TPSA) is 102 Å². The first-order valence-electron chi connectivity index (χ1n) is 7.01. The minimum absolute atomic E-state index is 0.0447. The lowest BCUT2D eigenvalue weighted by Crippen LogP contribution is -2.35. The van der Waals surface area contributed by atoms with Crippen LogP contribution in [0.25, 0.3) is 0 Å². The largest absolute Gasteiger partial charge is 0.466 e. The van der Waals surface area contributed by atoms with Gasteiger partial charge >= 0.3 is 11.9 Å². The van der Waals surface area contributed by atoms with Gasteiger partial charge in [-0.3, -0.25) is 0 Å². The fourth-order valence-electron chi connectivity index (χ4n) is 2.30. The predicted octanol–water partition coefficient (Wildman–Crippen LogP) is 1.02. The first-order chi connectivity index (χ1) is 11.3. The number of fused-ring (bicyclic) bond motifs is 3. The Hall–Kier alpha value is -2.07. The quantitative estimate of drug-likeness (QED) is 0.727. The van der Waals surface area contributed by atoms with Crippen LogP contribution < -0.4 is 4.90 Å². The summed E-state index contributed by atoms with van der Waals surface area (Å²) >= 11 is 1.18. The number of nitrogens with zero attached hydrogens (tertiary/aromatic N) is 2. The van der Waals surface area contributed by atoms with Gasteiger partial charge in [-0.05, 0) is 36.9 Å². The lowest BCUT2D eigenvalue weighted by Gasteiger charge is -2.22. The molecule has 0 bridgehead atoms. The molecule has 0 aromatic heterocycles. The molecule has 8 nitrogen and oxygen atoms in total. The number of ether oxygens (including phenoxy) is 2. The van der Waals surface area contributed by atoms with Gasteiger partial charge in [-0.15, -0.1) is 4.40 Å². The van der Waals surface area contributed by atoms with Crippen LogP contribution in [0.1, 0.15) is 17.3 Å². The van der Waals surface area contributed by atoms with Crippen molar-refractivity contribution >= 4 is 44.6 Å². The van der Waals surface area contributed by atoms with Crippen LogP contribution in [0.3, 0.4) is 0 Å². The van der Waals surface area contributed by atoms with Crippen molar-refractivity contribution in [3.63, 3.8) is 0 Å². The second-order valence-corrected chi connectivity index (χ2v) is 7.93. The summed E-state index contributed by atoms with van der Waals surface area (Å²) in [4.78, 5) is 25.9. The Kier molecular flexibility index (Phi) is 4.26. The number of esters is 2. The maximum atomic E-state index is 12.1. The molecule has 1 aromatic rings. The Balaban J connectivity index is 1.82. The molecular weight excluding hydrogens is 356 g/mol. The van der Waals surface area contributed by atoms with Crippen molar-refractivity contribution in [2.45, 2.75) is 17.9 Å². The van der Waals surface area contributed by atoms with Crippen molar-refractivity contribution in [1.82, 2.24) is 0 Å². The van der Waals surface area contributed by atoms with E-state index in [4.69, 9.17) is 4.74 Å². The summed E-state index contributed by atoms with van der Waals surface area (Å²) in [6, 6.07) is 4.87. The monoisotopic (exact) mass is 370 g/mol. The maximum Gasteiger partial charge on any atom is 0.346 e. The number of hydrogen-bond donors (Lipinski definition) is 0. The van der Waals surface area contributed by atoms with Gasteiger partial charge in [0.2, 0.25) is 0 Å². The van der Waals surface area contributed by atoms with Crippen LogP contribution >= 0.6 is 11.8 Å². The van der Waals surface area contributed by atoms with Crippen molar-refractivity contribution in [3.05, 3.63) is 23.8 Å². The minimum atomic E-state index is -3.43. The highest BCUT2D eigenvalue weighted by molar-refractivity contribution is 8.15. The van der Waals surface area contributed by atoms with Crippen LogP contribution in [0.5, 0.6) is 0 Å². The number of thioether (sulfide) groups is 1. The molecule has 0 saturated carbocycles. The third kappa shape index (κ3) is 3.11. The molecule has 0 saturated heterocycles. The Morgan fingerprint density at radius 1 is 1.38 bits per heavy atom. The van der Waals surface area contributed by atoms with E-state index in [1.165, 1.54) is 25.8 Å². The number of amidine groups is 1. The van der Waals surface area contributed by atoms with Crippen molar-refractivity contribution in [3.8, 4) is 0 Å². The molecule has 2 aliphatic heterocycles. The number of carbonyl (C=O) groups is 2. The van der Waals surface area contributed by atoms with Gasteiger partial charge in [-0.1, -0.05) is 0 Å². The van der Waals surface area contributed by atoms with Gasteiger partial charge in [0, 0.05) is 11.4 Å². The molecular formula is C14H14N2O6S2.